The van der Waals surface area contributed by atoms with Gasteiger partial charge in [-0.3, -0.25) is 9.55 Å². The zero-order valence-corrected chi connectivity index (χ0v) is 16.8. The normalized spacial score (nSPS) is 10.6. The van der Waals surface area contributed by atoms with E-state index in [0.29, 0.717) is 21.8 Å². The second-order valence-corrected chi connectivity index (χ2v) is 7.20. The lowest BCUT2D eigenvalue weighted by Crippen LogP contribution is -2.22. The van der Waals surface area contributed by atoms with Crippen LogP contribution in [-0.4, -0.2) is 9.55 Å². The van der Waals surface area contributed by atoms with Crippen LogP contribution >= 0.6 is 31.9 Å². The predicted molar refractivity (Wildman–Crippen MR) is 106 cm³/mol. The number of aromatic amines is 1. The molecule has 27 heavy (non-hydrogen) atoms. The van der Waals surface area contributed by atoms with Crippen LogP contribution in [0.2, 0.25) is 0 Å². The first-order valence-corrected chi connectivity index (χ1v) is 8.97. The van der Waals surface area contributed by atoms with Crippen LogP contribution in [-0.2, 0) is 7.05 Å². The summed E-state index contributed by atoms with van der Waals surface area (Å²) in [7, 11) is 1.56. The molecule has 2 aromatic heterocycles. The first kappa shape index (κ1) is 19.1. The minimum atomic E-state index is -0.736. The number of benzene rings is 2. The molecule has 10 heteroatoms. The zero-order chi connectivity index (χ0) is 19.7. The molecule has 0 aliphatic carbocycles. The van der Waals surface area contributed by atoms with Crippen molar-refractivity contribution in [2.24, 2.45) is 7.05 Å². The fourth-order valence-corrected chi connectivity index (χ4v) is 3.06. The molecule has 0 atom stereocenters. The molecule has 0 bridgehead atoms. The molecule has 0 amide bonds. The number of rotatable bonds is 0. The van der Waals surface area contributed by atoms with E-state index in [1.165, 1.54) is 4.57 Å². The summed E-state index contributed by atoms with van der Waals surface area (Å²) in [5.74, 6) is -1.38. The maximum Gasteiger partial charge on any atom is 0.422 e. The van der Waals surface area contributed by atoms with Crippen LogP contribution in [0, 0.1) is 0 Å². The molecule has 0 fully saturated rings. The van der Waals surface area contributed by atoms with Crippen molar-refractivity contribution in [1.82, 2.24) is 9.55 Å². The molecule has 1 N–H and O–H groups in total. The van der Waals surface area contributed by atoms with Gasteiger partial charge < -0.3 is 8.83 Å². The summed E-state index contributed by atoms with van der Waals surface area (Å²) in [4.78, 5) is 46.7. The maximum atomic E-state index is 11.3. The Labute approximate surface area is 166 Å². The number of halogens is 2. The van der Waals surface area contributed by atoms with Gasteiger partial charge in [0.1, 0.15) is 0 Å². The van der Waals surface area contributed by atoms with E-state index in [4.69, 9.17) is 0 Å². The molecule has 0 aliphatic heterocycles. The summed E-state index contributed by atoms with van der Waals surface area (Å²) in [6, 6.07) is 10.0. The van der Waals surface area contributed by atoms with Gasteiger partial charge in [0, 0.05) is 16.0 Å². The summed E-state index contributed by atoms with van der Waals surface area (Å²) in [5.41, 5.74) is -0.191. The van der Waals surface area contributed by atoms with E-state index < -0.39 is 22.8 Å². The van der Waals surface area contributed by atoms with Gasteiger partial charge in [-0.05, 0) is 36.4 Å². The highest BCUT2D eigenvalue weighted by Crippen LogP contribution is 2.15. The summed E-state index contributed by atoms with van der Waals surface area (Å²) in [6.07, 6.45) is 0. The highest BCUT2D eigenvalue weighted by atomic mass is 79.9. The third kappa shape index (κ3) is 4.01. The quantitative estimate of drug-likeness (QED) is 0.399. The summed E-state index contributed by atoms with van der Waals surface area (Å²) >= 11 is 6.45. The van der Waals surface area contributed by atoms with Gasteiger partial charge in [0.15, 0.2) is 0 Å². The van der Waals surface area contributed by atoms with E-state index in [0.717, 1.165) is 8.95 Å². The number of nitrogens with one attached hydrogen (secondary N) is 1. The average molecular weight is 498 g/mol. The molecule has 0 saturated carbocycles. The SMILES string of the molecule is Cn1c(=O)oc(=O)c2cc(Br)ccc21.O=c1[nH]c2ccc(Br)cc2c(=O)o1. The molecule has 138 valence electrons. The highest BCUT2D eigenvalue weighted by molar-refractivity contribution is 9.10. The maximum absolute atomic E-state index is 11.3. The summed E-state index contributed by atoms with van der Waals surface area (Å²) in [6.45, 7) is 0. The van der Waals surface area contributed by atoms with Crippen LogP contribution in [0.4, 0.5) is 0 Å². The Kier molecular flexibility index (Phi) is 5.29. The highest BCUT2D eigenvalue weighted by Gasteiger charge is 2.06. The molecule has 4 aromatic rings. The van der Waals surface area contributed by atoms with Gasteiger partial charge in [-0.2, -0.15) is 0 Å². The van der Waals surface area contributed by atoms with Crippen LogP contribution < -0.4 is 22.8 Å². The van der Waals surface area contributed by atoms with E-state index in [1.807, 2.05) is 0 Å². The number of hydrogen-bond donors (Lipinski definition) is 1. The van der Waals surface area contributed by atoms with Crippen molar-refractivity contribution in [3.8, 4) is 0 Å². The van der Waals surface area contributed by atoms with Crippen molar-refractivity contribution in [2.75, 3.05) is 0 Å². The Morgan fingerprint density at radius 1 is 0.852 bits per heavy atom. The molecule has 8 nitrogen and oxygen atoms in total. The Balaban J connectivity index is 0.000000156. The number of aryl methyl sites for hydroxylation is 1. The third-order valence-electron chi connectivity index (χ3n) is 3.62. The lowest BCUT2D eigenvalue weighted by atomic mass is 10.2. The fourth-order valence-electron chi connectivity index (χ4n) is 2.33. The second kappa shape index (κ2) is 7.49. The van der Waals surface area contributed by atoms with E-state index in [9.17, 15) is 19.2 Å². The zero-order valence-electron chi connectivity index (χ0n) is 13.6. The van der Waals surface area contributed by atoms with E-state index in [2.05, 4.69) is 45.7 Å². The van der Waals surface area contributed by atoms with Gasteiger partial charge in [0.2, 0.25) is 0 Å². The van der Waals surface area contributed by atoms with Crippen LogP contribution in [0.3, 0.4) is 0 Å². The van der Waals surface area contributed by atoms with Crippen molar-refractivity contribution in [1.29, 1.82) is 0 Å². The fraction of sp³-hybridized carbons (Fsp3) is 0.0588. The minimum Gasteiger partial charge on any atom is -0.372 e. The average Bonchev–Trinajstić information content (AvgIpc) is 2.61. The first-order chi connectivity index (χ1) is 12.8. The third-order valence-corrected chi connectivity index (χ3v) is 4.60. The number of nitrogens with zero attached hydrogens (tertiary/aromatic N) is 1. The number of H-pyrrole nitrogens is 1. The second-order valence-electron chi connectivity index (χ2n) is 5.37. The van der Waals surface area contributed by atoms with Crippen molar-refractivity contribution in [3.05, 3.63) is 87.3 Å². The van der Waals surface area contributed by atoms with Gasteiger partial charge >= 0.3 is 22.8 Å². The Morgan fingerprint density at radius 2 is 1.44 bits per heavy atom. The predicted octanol–water partition coefficient (Wildman–Crippen LogP) is 2.50. The van der Waals surface area contributed by atoms with Crippen LogP contribution in [0.1, 0.15) is 0 Å². The van der Waals surface area contributed by atoms with Crippen LogP contribution in [0.15, 0.2) is 73.4 Å². The number of aromatic nitrogens is 2. The molecule has 0 saturated heterocycles. The lowest BCUT2D eigenvalue weighted by Gasteiger charge is -2.01. The Bertz CT molecular complexity index is 1400. The summed E-state index contributed by atoms with van der Waals surface area (Å²) in [5, 5.41) is 0.746. The molecule has 2 heterocycles. The lowest BCUT2D eigenvalue weighted by molar-refractivity contribution is 0.433. The van der Waals surface area contributed by atoms with Crippen molar-refractivity contribution < 1.29 is 8.83 Å². The smallest absolute Gasteiger partial charge is 0.372 e. The number of fused-ring (bicyclic) bond motifs is 2. The molecular weight excluding hydrogens is 488 g/mol. The first-order valence-electron chi connectivity index (χ1n) is 7.38. The van der Waals surface area contributed by atoms with Gasteiger partial charge in [-0.1, -0.05) is 31.9 Å². The van der Waals surface area contributed by atoms with Crippen LogP contribution in [0.5, 0.6) is 0 Å². The van der Waals surface area contributed by atoms with E-state index >= 15 is 0 Å². The van der Waals surface area contributed by atoms with Crippen molar-refractivity contribution >= 4 is 53.7 Å². The van der Waals surface area contributed by atoms with Gasteiger partial charge in [0.25, 0.3) is 0 Å². The van der Waals surface area contributed by atoms with Crippen molar-refractivity contribution in [2.45, 2.75) is 0 Å². The summed E-state index contributed by atoms with van der Waals surface area (Å²) < 4.78 is 11.7. The number of hydrogen-bond acceptors (Lipinski definition) is 6. The Hall–Kier alpha value is -2.72. The molecule has 2 aromatic carbocycles. The molecule has 0 radical (unpaired) electrons. The Morgan fingerprint density at radius 3 is 2.15 bits per heavy atom. The van der Waals surface area contributed by atoms with Crippen LogP contribution in [0.25, 0.3) is 21.8 Å². The molecular formula is C17H10Br2N2O6. The minimum absolute atomic E-state index is 0.356. The van der Waals surface area contributed by atoms with Crippen molar-refractivity contribution in [3.63, 3.8) is 0 Å². The molecule has 0 spiro atoms. The largest absolute Gasteiger partial charge is 0.422 e. The molecule has 0 aliphatic rings. The van der Waals surface area contributed by atoms with Gasteiger partial charge in [0.05, 0.1) is 21.8 Å². The molecule has 0 unspecified atom stereocenters. The topological polar surface area (TPSA) is 115 Å². The van der Waals surface area contributed by atoms with E-state index in [1.54, 1.807) is 43.4 Å². The van der Waals surface area contributed by atoms with Gasteiger partial charge in [-0.15, -0.1) is 0 Å². The molecule has 4 rings (SSSR count). The standard InChI is InChI=1S/C9H6BrNO3.C8H4BrNO3/c1-11-7-3-2-5(10)4-6(7)8(12)14-9(11)13;9-4-1-2-6-5(3-4)7(11)13-8(12)10-6/h2-4H,1H3;1-3H,(H,10,12). The van der Waals surface area contributed by atoms with Gasteiger partial charge in [-0.25, -0.2) is 19.2 Å². The van der Waals surface area contributed by atoms with E-state index in [-0.39, 0.29) is 0 Å². The monoisotopic (exact) mass is 496 g/mol.